The lowest BCUT2D eigenvalue weighted by Gasteiger charge is -2.20. The fourth-order valence-electron chi connectivity index (χ4n) is 1.93. The SMILES string of the molecule is CCC(COS(C)=O)C[P+]1(C)CCCO1. The molecule has 1 rings (SSSR count). The van der Waals surface area contributed by atoms with Gasteiger partial charge in [0.15, 0.2) is 11.1 Å². The lowest BCUT2D eigenvalue weighted by molar-refractivity contribution is 0.279. The lowest BCUT2D eigenvalue weighted by atomic mass is 10.1. The van der Waals surface area contributed by atoms with Crippen molar-refractivity contribution in [1.29, 1.82) is 0 Å². The molecule has 1 fully saturated rings. The van der Waals surface area contributed by atoms with E-state index in [2.05, 4.69) is 13.6 Å². The highest BCUT2D eigenvalue weighted by Gasteiger charge is 2.40. The third kappa shape index (κ3) is 4.90. The predicted molar refractivity (Wildman–Crippen MR) is 66.9 cm³/mol. The molecule has 0 aromatic carbocycles. The topological polar surface area (TPSA) is 35.5 Å². The Hall–Kier alpha value is 0.500. The third-order valence-corrected chi connectivity index (χ3v) is 6.69. The summed E-state index contributed by atoms with van der Waals surface area (Å²) in [5.74, 6) is 0.505. The van der Waals surface area contributed by atoms with Crippen molar-refractivity contribution in [2.45, 2.75) is 19.8 Å². The standard InChI is InChI=1S/C10H22O3PS/c1-4-10(8-13-15(3)11)9-14(2)7-5-6-12-14/h10H,4-9H2,1-3H3/q+1. The van der Waals surface area contributed by atoms with E-state index in [-0.39, 0.29) is 0 Å². The van der Waals surface area contributed by atoms with Crippen LogP contribution in [0.25, 0.3) is 0 Å². The van der Waals surface area contributed by atoms with Gasteiger partial charge in [-0.25, -0.2) is 8.73 Å². The van der Waals surface area contributed by atoms with Gasteiger partial charge in [0.05, 0.1) is 32.2 Å². The van der Waals surface area contributed by atoms with Crippen LogP contribution < -0.4 is 0 Å². The van der Waals surface area contributed by atoms with Crippen molar-refractivity contribution in [3.63, 3.8) is 0 Å². The van der Waals surface area contributed by atoms with Crippen molar-refractivity contribution in [2.75, 3.05) is 38.5 Å². The highest BCUT2D eigenvalue weighted by Crippen LogP contribution is 2.61. The minimum absolute atomic E-state index is 0.505. The number of rotatable bonds is 6. The molecule has 3 unspecified atom stereocenters. The zero-order valence-electron chi connectivity index (χ0n) is 9.90. The molecule has 3 atom stereocenters. The van der Waals surface area contributed by atoms with E-state index in [1.165, 1.54) is 12.6 Å². The molecule has 0 spiro atoms. The van der Waals surface area contributed by atoms with Crippen LogP contribution in [0.1, 0.15) is 19.8 Å². The first-order valence-electron chi connectivity index (χ1n) is 5.51. The molecule has 0 bridgehead atoms. The molecule has 0 aliphatic carbocycles. The maximum absolute atomic E-state index is 10.8. The Morgan fingerprint density at radius 1 is 1.60 bits per heavy atom. The van der Waals surface area contributed by atoms with E-state index in [0.717, 1.165) is 19.2 Å². The van der Waals surface area contributed by atoms with Gasteiger partial charge in [0.2, 0.25) is 0 Å². The van der Waals surface area contributed by atoms with Crippen LogP contribution in [0, 0.1) is 5.92 Å². The zero-order chi connectivity index (χ0) is 11.3. The summed E-state index contributed by atoms with van der Waals surface area (Å²) in [6.07, 6.45) is 6.24. The van der Waals surface area contributed by atoms with Crippen molar-refractivity contribution in [2.24, 2.45) is 5.92 Å². The highest BCUT2D eigenvalue weighted by molar-refractivity contribution is 7.79. The molecule has 0 amide bonds. The molecule has 1 aliphatic rings. The summed E-state index contributed by atoms with van der Waals surface area (Å²) < 4.78 is 21.9. The van der Waals surface area contributed by atoms with Crippen molar-refractivity contribution < 1.29 is 12.9 Å². The summed E-state index contributed by atoms with van der Waals surface area (Å²) in [5, 5.41) is 0. The molecule has 1 aliphatic heterocycles. The molecule has 0 radical (unpaired) electrons. The molecule has 15 heavy (non-hydrogen) atoms. The Balaban J connectivity index is 2.35. The van der Waals surface area contributed by atoms with Gasteiger partial charge in [0, 0.05) is 18.6 Å². The van der Waals surface area contributed by atoms with Crippen LogP contribution in [0.5, 0.6) is 0 Å². The van der Waals surface area contributed by atoms with Gasteiger partial charge in [-0.2, -0.15) is 0 Å². The third-order valence-electron chi connectivity index (χ3n) is 2.87. The van der Waals surface area contributed by atoms with Gasteiger partial charge in [0.1, 0.15) is 7.49 Å². The Kier molecular flexibility index (Phi) is 5.69. The second-order valence-electron chi connectivity index (χ2n) is 4.35. The Morgan fingerprint density at radius 3 is 2.80 bits per heavy atom. The molecule has 0 aromatic rings. The number of hydrogen-bond donors (Lipinski definition) is 0. The summed E-state index contributed by atoms with van der Waals surface area (Å²) in [7, 11) is -1.13. The molecule has 90 valence electrons. The van der Waals surface area contributed by atoms with Crippen LogP contribution in [0.15, 0.2) is 0 Å². The second kappa shape index (κ2) is 6.29. The van der Waals surface area contributed by atoms with Gasteiger partial charge in [-0.1, -0.05) is 6.92 Å². The van der Waals surface area contributed by atoms with E-state index >= 15 is 0 Å². The van der Waals surface area contributed by atoms with E-state index in [0.29, 0.717) is 12.5 Å². The quantitative estimate of drug-likeness (QED) is 0.681. The molecular formula is C10H22O3PS+. The monoisotopic (exact) mass is 253 g/mol. The van der Waals surface area contributed by atoms with Gasteiger partial charge in [-0.3, -0.25) is 4.18 Å². The Labute approximate surface area is 96.0 Å². The van der Waals surface area contributed by atoms with E-state index in [9.17, 15) is 4.21 Å². The first-order valence-corrected chi connectivity index (χ1v) is 9.52. The van der Waals surface area contributed by atoms with Crippen molar-refractivity contribution in [3.8, 4) is 0 Å². The van der Waals surface area contributed by atoms with Gasteiger partial charge in [-0.05, 0) is 6.42 Å². The fraction of sp³-hybridized carbons (Fsp3) is 1.00. The van der Waals surface area contributed by atoms with Crippen LogP contribution in [0.2, 0.25) is 0 Å². The predicted octanol–water partition coefficient (Wildman–Crippen LogP) is 2.31. The van der Waals surface area contributed by atoms with E-state index in [1.807, 2.05) is 0 Å². The van der Waals surface area contributed by atoms with Crippen LogP contribution in [0.4, 0.5) is 0 Å². The average molecular weight is 253 g/mol. The molecule has 0 saturated carbocycles. The summed E-state index contributed by atoms with van der Waals surface area (Å²) in [5.41, 5.74) is 0. The largest absolute Gasteiger partial charge is 0.290 e. The van der Waals surface area contributed by atoms with Crippen molar-refractivity contribution in [3.05, 3.63) is 0 Å². The minimum atomic E-state index is -1.13. The zero-order valence-corrected chi connectivity index (χ0v) is 11.6. The van der Waals surface area contributed by atoms with Gasteiger partial charge in [-0.15, -0.1) is 0 Å². The maximum Gasteiger partial charge on any atom is 0.152 e. The van der Waals surface area contributed by atoms with Gasteiger partial charge >= 0.3 is 0 Å². The maximum atomic E-state index is 10.8. The molecule has 5 heteroatoms. The van der Waals surface area contributed by atoms with E-state index < -0.39 is 18.6 Å². The minimum Gasteiger partial charge on any atom is -0.290 e. The first kappa shape index (κ1) is 13.6. The number of hydrogen-bond acceptors (Lipinski definition) is 3. The Bertz CT molecular complexity index is 217. The molecule has 1 saturated heterocycles. The lowest BCUT2D eigenvalue weighted by Crippen LogP contribution is -2.16. The van der Waals surface area contributed by atoms with Crippen molar-refractivity contribution >= 4 is 18.6 Å². The summed E-state index contributed by atoms with van der Waals surface area (Å²) in [6.45, 7) is 5.99. The first-order chi connectivity index (χ1) is 7.06. The highest BCUT2D eigenvalue weighted by atomic mass is 32.2. The van der Waals surface area contributed by atoms with E-state index in [1.54, 1.807) is 6.26 Å². The molecular weight excluding hydrogens is 231 g/mol. The molecule has 1 heterocycles. The van der Waals surface area contributed by atoms with Gasteiger partial charge < -0.3 is 0 Å². The van der Waals surface area contributed by atoms with Crippen molar-refractivity contribution in [1.82, 2.24) is 0 Å². The van der Waals surface area contributed by atoms with Crippen LogP contribution in [-0.2, 0) is 19.8 Å². The van der Waals surface area contributed by atoms with Gasteiger partial charge in [0.25, 0.3) is 0 Å². The fourth-order valence-corrected chi connectivity index (χ4v) is 5.56. The normalized spacial score (nSPS) is 30.3. The summed E-state index contributed by atoms with van der Waals surface area (Å²) >= 11 is -1.13. The van der Waals surface area contributed by atoms with Crippen LogP contribution >= 0.6 is 7.49 Å². The molecule has 0 aromatic heterocycles. The summed E-state index contributed by atoms with van der Waals surface area (Å²) in [6, 6.07) is 0. The van der Waals surface area contributed by atoms with Crippen LogP contribution in [0.3, 0.4) is 0 Å². The van der Waals surface area contributed by atoms with E-state index in [4.69, 9.17) is 8.71 Å². The molecule has 0 N–H and O–H groups in total. The smallest absolute Gasteiger partial charge is 0.152 e. The Morgan fingerprint density at radius 2 is 2.33 bits per heavy atom. The van der Waals surface area contributed by atoms with Crippen LogP contribution in [-0.4, -0.2) is 42.7 Å². The summed E-state index contributed by atoms with van der Waals surface area (Å²) in [4.78, 5) is 0. The average Bonchev–Trinajstić information content (AvgIpc) is 2.59. The molecule has 3 nitrogen and oxygen atoms in total. The second-order valence-corrected chi connectivity index (χ2v) is 9.05.